The van der Waals surface area contributed by atoms with Crippen LogP contribution < -0.4 is 0 Å². The minimum atomic E-state index is -1.09. The summed E-state index contributed by atoms with van der Waals surface area (Å²) in [6, 6.07) is 8.90. The van der Waals surface area contributed by atoms with Crippen LogP contribution in [0.3, 0.4) is 0 Å². The summed E-state index contributed by atoms with van der Waals surface area (Å²) in [6.07, 6.45) is 1.15. The Labute approximate surface area is 154 Å². The van der Waals surface area contributed by atoms with Crippen molar-refractivity contribution < 1.29 is 20.1 Å². The number of aromatic hydroxyl groups is 2. The fraction of sp³-hybridized carbons (Fsp3) is 0.300. The lowest BCUT2D eigenvalue weighted by Gasteiger charge is -2.25. The number of nitriles is 1. The Kier molecular flexibility index (Phi) is 2.86. The first-order valence-corrected chi connectivity index (χ1v) is 8.66. The van der Waals surface area contributed by atoms with Gasteiger partial charge < -0.3 is 20.1 Å². The molecule has 0 aliphatic carbocycles. The third-order valence-corrected chi connectivity index (χ3v) is 5.91. The quantitative estimate of drug-likeness (QED) is 0.613. The second kappa shape index (κ2) is 4.80. The van der Waals surface area contributed by atoms with E-state index >= 15 is 0 Å². The normalized spacial score (nSPS) is 28.4. The first-order valence-electron chi connectivity index (χ1n) is 8.66. The van der Waals surface area contributed by atoms with E-state index in [4.69, 9.17) is 4.74 Å². The average molecular weight is 363 g/mol. The van der Waals surface area contributed by atoms with E-state index in [9.17, 15) is 20.6 Å². The summed E-state index contributed by atoms with van der Waals surface area (Å²) in [4.78, 5) is 4.28. The largest absolute Gasteiger partial charge is 0.494 e. The number of aliphatic hydroxyl groups is 1. The van der Waals surface area contributed by atoms with Crippen LogP contribution in [0.15, 0.2) is 30.5 Å². The first-order chi connectivity index (χ1) is 12.8. The van der Waals surface area contributed by atoms with Crippen molar-refractivity contribution in [1.29, 1.82) is 5.26 Å². The summed E-state index contributed by atoms with van der Waals surface area (Å²) in [7, 11) is 0. The Morgan fingerprint density at radius 1 is 1.22 bits per heavy atom. The second-order valence-electron chi connectivity index (χ2n) is 7.54. The summed E-state index contributed by atoms with van der Waals surface area (Å²) >= 11 is 0. The molecule has 136 valence electrons. The molecule has 5 rings (SSSR count). The van der Waals surface area contributed by atoms with Gasteiger partial charge in [0.25, 0.3) is 0 Å². The van der Waals surface area contributed by atoms with Crippen LogP contribution in [-0.2, 0) is 15.9 Å². The van der Waals surface area contributed by atoms with Gasteiger partial charge in [-0.05, 0) is 38.1 Å². The Balaban J connectivity index is 1.86. The Hall–Kier alpha value is -3.08. The summed E-state index contributed by atoms with van der Waals surface area (Å²) in [6.45, 7) is 3.52. The van der Waals surface area contributed by atoms with Crippen molar-refractivity contribution in [1.82, 2.24) is 9.55 Å². The van der Waals surface area contributed by atoms with E-state index in [0.717, 1.165) is 0 Å². The Bertz CT molecular complexity index is 1180. The van der Waals surface area contributed by atoms with Crippen molar-refractivity contribution in [3.63, 3.8) is 0 Å². The molecule has 3 atom stereocenters. The molecule has 3 aromatic rings. The number of aromatic nitrogens is 2. The molecule has 0 radical (unpaired) electrons. The van der Waals surface area contributed by atoms with E-state index in [2.05, 4.69) is 11.1 Å². The molecule has 0 amide bonds. The van der Waals surface area contributed by atoms with Crippen molar-refractivity contribution >= 4 is 10.9 Å². The predicted octanol–water partition coefficient (Wildman–Crippen LogP) is 2.53. The molecule has 2 aliphatic heterocycles. The number of fused-ring (bicyclic) bond motifs is 6. The van der Waals surface area contributed by atoms with Gasteiger partial charge >= 0.3 is 0 Å². The van der Waals surface area contributed by atoms with Crippen molar-refractivity contribution in [2.24, 2.45) is 0 Å². The Morgan fingerprint density at radius 3 is 2.70 bits per heavy atom. The van der Waals surface area contributed by atoms with Crippen molar-refractivity contribution in [2.75, 3.05) is 0 Å². The van der Waals surface area contributed by atoms with Gasteiger partial charge in [0, 0.05) is 18.0 Å². The molecule has 7 heteroatoms. The molecule has 4 heterocycles. The molecular formula is C20H17N3O4. The molecule has 1 fully saturated rings. The van der Waals surface area contributed by atoms with E-state index < -0.39 is 17.3 Å². The number of ether oxygens (including phenoxy) is 1. The summed E-state index contributed by atoms with van der Waals surface area (Å²) in [5.74, 6) is -0.308. The molecule has 2 bridgehead atoms. The van der Waals surface area contributed by atoms with Crippen LogP contribution in [0.2, 0.25) is 0 Å². The monoisotopic (exact) mass is 363 g/mol. The zero-order valence-electron chi connectivity index (χ0n) is 14.8. The van der Waals surface area contributed by atoms with Crippen LogP contribution in [-0.4, -0.2) is 31.0 Å². The molecule has 0 unspecified atom stereocenters. The number of nitrogens with zero attached hydrogens (tertiary/aromatic N) is 3. The van der Waals surface area contributed by atoms with E-state index in [1.807, 2.05) is 0 Å². The van der Waals surface area contributed by atoms with Gasteiger partial charge in [-0.3, -0.25) is 9.55 Å². The first kappa shape index (κ1) is 16.1. The highest BCUT2D eigenvalue weighted by atomic mass is 16.6. The topological polar surface area (TPSA) is 112 Å². The third-order valence-electron chi connectivity index (χ3n) is 5.91. The molecule has 27 heavy (non-hydrogen) atoms. The average Bonchev–Trinajstić information content (AvgIpc) is 3.15. The van der Waals surface area contributed by atoms with E-state index in [0.29, 0.717) is 39.7 Å². The van der Waals surface area contributed by atoms with E-state index in [1.165, 1.54) is 4.57 Å². The van der Waals surface area contributed by atoms with Crippen LogP contribution in [0.4, 0.5) is 0 Å². The zero-order chi connectivity index (χ0) is 19.1. The van der Waals surface area contributed by atoms with Crippen LogP contribution in [0.5, 0.6) is 11.8 Å². The molecule has 0 spiro atoms. The lowest BCUT2D eigenvalue weighted by atomic mass is 9.78. The van der Waals surface area contributed by atoms with Crippen molar-refractivity contribution in [3.8, 4) is 23.5 Å². The molecule has 1 aromatic carbocycles. The fourth-order valence-electron chi connectivity index (χ4n) is 4.70. The number of benzene rings is 1. The van der Waals surface area contributed by atoms with Gasteiger partial charge in [-0.1, -0.05) is 0 Å². The molecule has 7 nitrogen and oxygen atoms in total. The third kappa shape index (κ3) is 1.74. The fourth-order valence-corrected chi connectivity index (χ4v) is 4.70. The van der Waals surface area contributed by atoms with Crippen LogP contribution in [0, 0.1) is 11.3 Å². The van der Waals surface area contributed by atoms with Gasteiger partial charge in [0.15, 0.2) is 0 Å². The highest BCUT2D eigenvalue weighted by Gasteiger charge is 2.64. The molecule has 1 saturated heterocycles. The van der Waals surface area contributed by atoms with E-state index in [-0.39, 0.29) is 11.8 Å². The lowest BCUT2D eigenvalue weighted by molar-refractivity contribution is -0.0936. The van der Waals surface area contributed by atoms with Gasteiger partial charge in [0.2, 0.25) is 11.8 Å². The summed E-state index contributed by atoms with van der Waals surface area (Å²) < 4.78 is 7.35. The molecule has 0 saturated carbocycles. The number of rotatable bonds is 1. The van der Waals surface area contributed by atoms with Gasteiger partial charge in [-0.15, -0.1) is 0 Å². The lowest BCUT2D eigenvalue weighted by Crippen LogP contribution is -2.32. The minimum Gasteiger partial charge on any atom is -0.494 e. The maximum absolute atomic E-state index is 11.0. The number of hydrogen-bond acceptors (Lipinski definition) is 6. The van der Waals surface area contributed by atoms with Crippen LogP contribution >= 0.6 is 0 Å². The molecule has 2 aliphatic rings. The summed E-state index contributed by atoms with van der Waals surface area (Å²) in [5.41, 5.74) is 0.334. The SMILES string of the molecule is C[C@]12C[C@H](O)[C@](C)(O1)c1c2c(O)n(-c2ccc(C#N)c3ncccc23)c1O. The van der Waals surface area contributed by atoms with Gasteiger partial charge in [0.1, 0.15) is 11.7 Å². The number of aliphatic hydroxyl groups excluding tert-OH is 1. The molecule has 2 aromatic heterocycles. The highest BCUT2D eigenvalue weighted by molar-refractivity contribution is 5.92. The number of hydrogen-bond donors (Lipinski definition) is 3. The molecule has 3 N–H and O–H groups in total. The van der Waals surface area contributed by atoms with Gasteiger partial charge in [-0.2, -0.15) is 5.26 Å². The number of pyridine rings is 1. The Morgan fingerprint density at radius 2 is 1.96 bits per heavy atom. The van der Waals surface area contributed by atoms with Gasteiger partial charge in [-0.25, -0.2) is 0 Å². The van der Waals surface area contributed by atoms with Gasteiger partial charge in [0.05, 0.1) is 39.6 Å². The van der Waals surface area contributed by atoms with E-state index in [1.54, 1.807) is 44.3 Å². The molecular weight excluding hydrogens is 346 g/mol. The zero-order valence-corrected chi connectivity index (χ0v) is 14.8. The van der Waals surface area contributed by atoms with Crippen LogP contribution in [0.25, 0.3) is 16.6 Å². The smallest absolute Gasteiger partial charge is 0.205 e. The summed E-state index contributed by atoms with van der Waals surface area (Å²) in [5, 5.41) is 42.4. The highest BCUT2D eigenvalue weighted by Crippen LogP contribution is 2.64. The van der Waals surface area contributed by atoms with Crippen LogP contribution in [0.1, 0.15) is 37.0 Å². The van der Waals surface area contributed by atoms with Crippen molar-refractivity contribution in [2.45, 2.75) is 37.6 Å². The maximum Gasteiger partial charge on any atom is 0.205 e. The predicted molar refractivity (Wildman–Crippen MR) is 95.5 cm³/mol. The maximum atomic E-state index is 11.0. The second-order valence-corrected chi connectivity index (χ2v) is 7.54. The van der Waals surface area contributed by atoms with Crippen molar-refractivity contribution in [3.05, 3.63) is 47.2 Å². The standard InChI is InChI=1S/C20H17N3O4/c1-19-8-13(24)20(2,27-19)15-14(19)17(25)23(18(15)26)12-6-5-10(9-21)16-11(12)4-3-7-22-16/h3-7,13,24-26H,8H2,1-2H3/t13-,19+,20-/m0/s1. The minimum absolute atomic E-state index is 0.129.